The Hall–Kier alpha value is -4.68. The molecule has 5 rings (SSSR count). The van der Waals surface area contributed by atoms with Crippen LogP contribution in [0.15, 0.2) is 60.7 Å². The van der Waals surface area contributed by atoms with Crippen LogP contribution in [-0.2, 0) is 4.74 Å². The molecular formula is C33H42N6O6. The topological polar surface area (TPSA) is 117 Å². The average molecular weight is 619 g/mol. The summed E-state index contributed by atoms with van der Waals surface area (Å²) < 4.78 is 21.6. The number of nitrogens with one attached hydrogen (secondary N) is 3. The minimum atomic E-state index is -0.456. The van der Waals surface area contributed by atoms with Gasteiger partial charge in [0, 0.05) is 87.6 Å². The molecule has 2 heterocycles. The van der Waals surface area contributed by atoms with Crippen molar-refractivity contribution in [3.8, 4) is 17.2 Å². The van der Waals surface area contributed by atoms with E-state index in [0.717, 1.165) is 62.9 Å². The van der Waals surface area contributed by atoms with E-state index < -0.39 is 6.03 Å². The van der Waals surface area contributed by atoms with Crippen LogP contribution in [0.2, 0.25) is 0 Å². The summed E-state index contributed by atoms with van der Waals surface area (Å²) in [7, 11) is 4.78. The van der Waals surface area contributed by atoms with Gasteiger partial charge in [0.05, 0.1) is 45.8 Å². The molecule has 12 heteroatoms. The van der Waals surface area contributed by atoms with Crippen molar-refractivity contribution in [3.05, 3.63) is 66.2 Å². The van der Waals surface area contributed by atoms with Gasteiger partial charge in [-0.3, -0.25) is 9.69 Å². The Morgan fingerprint density at radius 1 is 0.733 bits per heavy atom. The number of morpholine rings is 1. The molecule has 2 aliphatic heterocycles. The standard InChI is InChI=1S/C33H42N6O6/c1-42-26-20-25(21-27(23-26)43-2)36-33(41)35-24-8-9-29(28(22-24)32(40)34-10-11-37-16-18-45-19-17-37)38-12-14-39(15-13-38)30-6-4-5-7-31(30)44-3/h4-9,20-23H,10-19H2,1-3H3,(H,34,40)(H2,35,36,41). The molecule has 3 N–H and O–H groups in total. The van der Waals surface area contributed by atoms with Gasteiger partial charge in [-0.2, -0.15) is 0 Å². The first-order valence-corrected chi connectivity index (χ1v) is 15.1. The number of anilines is 4. The fourth-order valence-electron chi connectivity index (χ4n) is 5.57. The zero-order chi connectivity index (χ0) is 31.6. The zero-order valence-electron chi connectivity index (χ0n) is 26.1. The lowest BCUT2D eigenvalue weighted by Crippen LogP contribution is -2.47. The molecular weight excluding hydrogens is 576 g/mol. The van der Waals surface area contributed by atoms with E-state index in [0.29, 0.717) is 48.2 Å². The van der Waals surface area contributed by atoms with E-state index in [-0.39, 0.29) is 5.91 Å². The van der Waals surface area contributed by atoms with Gasteiger partial charge in [0.2, 0.25) is 0 Å². The molecule has 3 amide bonds. The van der Waals surface area contributed by atoms with Gasteiger partial charge in [0.15, 0.2) is 0 Å². The Kier molecular flexibility index (Phi) is 10.8. The highest BCUT2D eigenvalue weighted by molar-refractivity contribution is 6.04. The van der Waals surface area contributed by atoms with Gasteiger partial charge in [-0.15, -0.1) is 0 Å². The Labute approximate surface area is 264 Å². The number of carbonyl (C=O) groups excluding carboxylic acids is 2. The molecule has 0 bridgehead atoms. The Morgan fingerprint density at radius 2 is 1.38 bits per heavy atom. The highest BCUT2D eigenvalue weighted by Gasteiger charge is 2.24. The second kappa shape index (κ2) is 15.4. The van der Waals surface area contributed by atoms with Gasteiger partial charge in [-0.05, 0) is 30.3 Å². The molecule has 0 spiro atoms. The summed E-state index contributed by atoms with van der Waals surface area (Å²) in [6, 6.07) is 18.1. The molecule has 2 aliphatic rings. The van der Waals surface area contributed by atoms with E-state index in [9.17, 15) is 9.59 Å². The summed E-state index contributed by atoms with van der Waals surface area (Å²) in [5, 5.41) is 8.77. The van der Waals surface area contributed by atoms with Crippen LogP contribution in [0.3, 0.4) is 0 Å². The number of para-hydroxylation sites is 2. The molecule has 0 unspecified atom stereocenters. The van der Waals surface area contributed by atoms with Gasteiger partial charge < -0.3 is 44.7 Å². The van der Waals surface area contributed by atoms with Crippen molar-refractivity contribution in [1.82, 2.24) is 10.2 Å². The molecule has 0 aromatic heterocycles. The first kappa shape index (κ1) is 31.7. The summed E-state index contributed by atoms with van der Waals surface area (Å²) in [6.07, 6.45) is 0. The largest absolute Gasteiger partial charge is 0.497 e. The van der Waals surface area contributed by atoms with Crippen LogP contribution >= 0.6 is 0 Å². The van der Waals surface area contributed by atoms with Crippen molar-refractivity contribution in [2.75, 3.05) is 107 Å². The lowest BCUT2D eigenvalue weighted by Gasteiger charge is -2.38. The first-order chi connectivity index (χ1) is 22.0. The van der Waals surface area contributed by atoms with E-state index in [1.165, 1.54) is 0 Å². The normalized spacial score (nSPS) is 15.3. The Bertz CT molecular complexity index is 1430. The van der Waals surface area contributed by atoms with Crippen molar-refractivity contribution in [1.29, 1.82) is 0 Å². The number of amides is 3. The van der Waals surface area contributed by atoms with Gasteiger partial charge in [0.25, 0.3) is 5.91 Å². The van der Waals surface area contributed by atoms with Crippen LogP contribution < -0.4 is 40.0 Å². The van der Waals surface area contributed by atoms with Crippen molar-refractivity contribution in [3.63, 3.8) is 0 Å². The molecule has 0 radical (unpaired) electrons. The Balaban J connectivity index is 1.30. The Morgan fingerprint density at radius 3 is 2.04 bits per heavy atom. The van der Waals surface area contributed by atoms with E-state index in [1.807, 2.05) is 30.3 Å². The van der Waals surface area contributed by atoms with Crippen LogP contribution in [0.4, 0.5) is 27.5 Å². The number of benzene rings is 3. The minimum absolute atomic E-state index is 0.188. The third-order valence-electron chi connectivity index (χ3n) is 7.97. The number of ether oxygens (including phenoxy) is 4. The number of rotatable bonds is 11. The minimum Gasteiger partial charge on any atom is -0.497 e. The molecule has 12 nitrogen and oxygen atoms in total. The fraction of sp³-hybridized carbons (Fsp3) is 0.394. The predicted molar refractivity (Wildman–Crippen MR) is 176 cm³/mol. The van der Waals surface area contributed by atoms with E-state index in [2.05, 4.69) is 36.7 Å². The maximum atomic E-state index is 13.6. The van der Waals surface area contributed by atoms with Crippen molar-refractivity contribution in [2.24, 2.45) is 0 Å². The summed E-state index contributed by atoms with van der Waals surface area (Å²) in [4.78, 5) is 33.4. The summed E-state index contributed by atoms with van der Waals surface area (Å²) in [6.45, 7) is 7.34. The van der Waals surface area contributed by atoms with Crippen molar-refractivity contribution in [2.45, 2.75) is 0 Å². The summed E-state index contributed by atoms with van der Waals surface area (Å²) in [5.41, 5.74) is 3.39. The average Bonchev–Trinajstić information content (AvgIpc) is 3.08. The molecule has 2 saturated heterocycles. The van der Waals surface area contributed by atoms with Gasteiger partial charge in [0.1, 0.15) is 17.2 Å². The van der Waals surface area contributed by atoms with Gasteiger partial charge >= 0.3 is 6.03 Å². The number of urea groups is 1. The molecule has 0 saturated carbocycles. The second-order valence-corrected chi connectivity index (χ2v) is 10.8. The van der Waals surface area contributed by atoms with E-state index in [1.54, 1.807) is 45.6 Å². The monoisotopic (exact) mass is 618 g/mol. The van der Waals surface area contributed by atoms with Crippen LogP contribution in [0.5, 0.6) is 17.2 Å². The van der Waals surface area contributed by atoms with Crippen LogP contribution in [-0.4, -0.2) is 104 Å². The molecule has 2 fully saturated rings. The molecule has 3 aromatic carbocycles. The third kappa shape index (κ3) is 8.28. The number of carbonyl (C=O) groups is 2. The highest BCUT2D eigenvalue weighted by Crippen LogP contribution is 2.31. The predicted octanol–water partition coefficient (Wildman–Crippen LogP) is 3.75. The van der Waals surface area contributed by atoms with Gasteiger partial charge in [-0.1, -0.05) is 12.1 Å². The van der Waals surface area contributed by atoms with Crippen LogP contribution in [0, 0.1) is 0 Å². The second-order valence-electron chi connectivity index (χ2n) is 10.8. The molecule has 0 atom stereocenters. The maximum absolute atomic E-state index is 13.6. The zero-order valence-corrected chi connectivity index (χ0v) is 26.1. The van der Waals surface area contributed by atoms with Crippen LogP contribution in [0.25, 0.3) is 0 Å². The van der Waals surface area contributed by atoms with Crippen molar-refractivity contribution >= 4 is 34.7 Å². The number of hydrogen-bond acceptors (Lipinski definition) is 9. The fourth-order valence-corrected chi connectivity index (χ4v) is 5.57. The lowest BCUT2D eigenvalue weighted by molar-refractivity contribution is 0.0383. The smallest absolute Gasteiger partial charge is 0.323 e. The number of nitrogens with zero attached hydrogens (tertiary/aromatic N) is 3. The lowest BCUT2D eigenvalue weighted by atomic mass is 10.1. The molecule has 3 aromatic rings. The SMILES string of the molecule is COc1cc(NC(=O)Nc2ccc(N3CCN(c4ccccc4OC)CC3)c(C(=O)NCCN3CCOCC3)c2)cc(OC)c1. The van der Waals surface area contributed by atoms with Gasteiger partial charge in [-0.25, -0.2) is 4.79 Å². The quantitative estimate of drug-likeness (QED) is 0.296. The number of hydrogen-bond donors (Lipinski definition) is 3. The molecule has 0 aliphatic carbocycles. The summed E-state index contributed by atoms with van der Waals surface area (Å²) >= 11 is 0. The third-order valence-corrected chi connectivity index (χ3v) is 7.97. The van der Waals surface area contributed by atoms with E-state index in [4.69, 9.17) is 18.9 Å². The van der Waals surface area contributed by atoms with Crippen LogP contribution in [0.1, 0.15) is 10.4 Å². The maximum Gasteiger partial charge on any atom is 0.323 e. The summed E-state index contributed by atoms with van der Waals surface area (Å²) in [5.74, 6) is 1.76. The first-order valence-electron chi connectivity index (χ1n) is 15.1. The van der Waals surface area contributed by atoms with E-state index >= 15 is 0 Å². The van der Waals surface area contributed by atoms with Crippen molar-refractivity contribution < 1.29 is 28.5 Å². The molecule has 45 heavy (non-hydrogen) atoms. The number of piperazine rings is 1. The number of methoxy groups -OCH3 is 3. The molecule has 240 valence electrons. The highest BCUT2D eigenvalue weighted by atomic mass is 16.5.